The van der Waals surface area contributed by atoms with Gasteiger partial charge in [0.1, 0.15) is 6.04 Å². The van der Waals surface area contributed by atoms with Crippen LogP contribution in [0, 0.1) is 0 Å². The van der Waals surface area contributed by atoms with Crippen LogP contribution in [0.5, 0.6) is 0 Å². The Morgan fingerprint density at radius 3 is 2.37 bits per heavy atom. The average molecular weight is 264 g/mol. The van der Waals surface area contributed by atoms with E-state index in [4.69, 9.17) is 5.11 Å². The Balaban J connectivity index is 2.99. The molecule has 0 radical (unpaired) electrons. The second kappa shape index (κ2) is 6.22. The third-order valence-corrected chi connectivity index (χ3v) is 3.07. The zero-order chi connectivity index (χ0) is 14.6. The van der Waals surface area contributed by atoms with Crippen molar-refractivity contribution in [2.45, 2.75) is 19.4 Å². The second-order valence-corrected chi connectivity index (χ2v) is 4.62. The Hall–Kier alpha value is -2.04. The summed E-state index contributed by atoms with van der Waals surface area (Å²) in [5, 5.41) is 9.08. The van der Waals surface area contributed by atoms with E-state index in [1.807, 2.05) is 25.1 Å². The number of benzene rings is 1. The molecule has 0 spiro atoms. The van der Waals surface area contributed by atoms with Crippen molar-refractivity contribution in [1.82, 2.24) is 4.90 Å². The first-order chi connectivity index (χ1) is 8.88. The van der Waals surface area contributed by atoms with Crippen LogP contribution in [0.25, 0.3) is 0 Å². The number of likely N-dealkylation sites (N-methyl/N-ethyl adjacent to an activating group) is 1. The van der Waals surface area contributed by atoms with Crippen molar-refractivity contribution in [2.75, 3.05) is 26.0 Å². The van der Waals surface area contributed by atoms with Gasteiger partial charge in [0, 0.05) is 32.4 Å². The van der Waals surface area contributed by atoms with Crippen molar-refractivity contribution in [3.05, 3.63) is 29.8 Å². The zero-order valence-electron chi connectivity index (χ0n) is 11.8. The van der Waals surface area contributed by atoms with E-state index in [9.17, 15) is 9.59 Å². The van der Waals surface area contributed by atoms with Crippen molar-refractivity contribution in [3.63, 3.8) is 0 Å². The number of nitrogens with zero attached hydrogens (tertiary/aromatic N) is 2. The van der Waals surface area contributed by atoms with Crippen LogP contribution in [0.1, 0.15) is 23.7 Å². The van der Waals surface area contributed by atoms with Gasteiger partial charge in [-0.05, 0) is 24.6 Å². The molecule has 19 heavy (non-hydrogen) atoms. The summed E-state index contributed by atoms with van der Waals surface area (Å²) < 4.78 is 0. The number of rotatable bonds is 5. The van der Waals surface area contributed by atoms with Crippen molar-refractivity contribution in [3.8, 4) is 0 Å². The number of carboxylic acid groups (broad SMARTS) is 1. The summed E-state index contributed by atoms with van der Waals surface area (Å²) in [4.78, 5) is 26.5. The molecule has 1 amide bonds. The third-order valence-electron chi connectivity index (χ3n) is 3.07. The molecule has 0 aliphatic rings. The summed E-state index contributed by atoms with van der Waals surface area (Å²) in [5.74, 6) is -1.26. The molecule has 1 aromatic carbocycles. The molecule has 1 unspecified atom stereocenters. The highest BCUT2D eigenvalue weighted by Gasteiger charge is 2.25. The maximum absolute atomic E-state index is 12.3. The van der Waals surface area contributed by atoms with Gasteiger partial charge in [-0.1, -0.05) is 13.0 Å². The van der Waals surface area contributed by atoms with Crippen molar-refractivity contribution in [1.29, 1.82) is 0 Å². The molecule has 1 aromatic rings. The largest absolute Gasteiger partial charge is 0.480 e. The zero-order valence-corrected chi connectivity index (χ0v) is 11.8. The van der Waals surface area contributed by atoms with Crippen LogP contribution >= 0.6 is 0 Å². The van der Waals surface area contributed by atoms with E-state index < -0.39 is 12.0 Å². The highest BCUT2D eigenvalue weighted by molar-refractivity contribution is 5.97. The van der Waals surface area contributed by atoms with Gasteiger partial charge in [0.2, 0.25) is 0 Å². The first-order valence-electron chi connectivity index (χ1n) is 6.15. The molecule has 0 aliphatic carbocycles. The first kappa shape index (κ1) is 15.0. The van der Waals surface area contributed by atoms with Gasteiger partial charge in [0.25, 0.3) is 5.91 Å². The highest BCUT2D eigenvalue weighted by Crippen LogP contribution is 2.16. The highest BCUT2D eigenvalue weighted by atomic mass is 16.4. The minimum Gasteiger partial charge on any atom is -0.480 e. The molecule has 0 heterocycles. The molecular weight excluding hydrogens is 244 g/mol. The molecule has 5 nitrogen and oxygen atoms in total. The van der Waals surface area contributed by atoms with Gasteiger partial charge in [0.15, 0.2) is 0 Å². The number of carbonyl (C=O) groups is 2. The summed E-state index contributed by atoms with van der Waals surface area (Å²) in [7, 11) is 5.30. The lowest BCUT2D eigenvalue weighted by molar-refractivity contribution is -0.142. The van der Waals surface area contributed by atoms with E-state index in [0.29, 0.717) is 12.0 Å². The number of carboxylic acids is 1. The summed E-state index contributed by atoms with van der Waals surface area (Å²) in [6, 6.07) is 6.34. The van der Waals surface area contributed by atoms with E-state index >= 15 is 0 Å². The smallest absolute Gasteiger partial charge is 0.326 e. The number of amides is 1. The first-order valence-corrected chi connectivity index (χ1v) is 6.15. The predicted octanol–water partition coefficient (Wildman–Crippen LogP) is 1.69. The van der Waals surface area contributed by atoms with Gasteiger partial charge >= 0.3 is 5.97 Å². The number of aliphatic carboxylic acids is 1. The molecule has 0 saturated heterocycles. The van der Waals surface area contributed by atoms with E-state index in [2.05, 4.69) is 0 Å². The molecule has 0 fully saturated rings. The molecule has 1 N–H and O–H groups in total. The standard InChI is InChI=1S/C14H20N2O3/c1-5-12(14(18)19)16(4)13(17)10-7-6-8-11(9-10)15(2)3/h6-9,12H,5H2,1-4H3,(H,18,19). The van der Waals surface area contributed by atoms with Crippen molar-refractivity contribution >= 4 is 17.6 Å². The number of hydrogen-bond acceptors (Lipinski definition) is 3. The minimum atomic E-state index is -0.984. The van der Waals surface area contributed by atoms with Crippen LogP contribution in [-0.4, -0.2) is 49.1 Å². The van der Waals surface area contributed by atoms with Crippen molar-refractivity contribution < 1.29 is 14.7 Å². The third kappa shape index (κ3) is 3.47. The van der Waals surface area contributed by atoms with Gasteiger partial charge in [-0.3, -0.25) is 4.79 Å². The van der Waals surface area contributed by atoms with Crippen molar-refractivity contribution in [2.24, 2.45) is 0 Å². The topological polar surface area (TPSA) is 60.9 Å². The minimum absolute atomic E-state index is 0.280. The molecule has 0 aromatic heterocycles. The molecule has 0 aliphatic heterocycles. The lowest BCUT2D eigenvalue weighted by atomic mass is 10.1. The molecule has 104 valence electrons. The van der Waals surface area contributed by atoms with E-state index in [1.54, 1.807) is 25.1 Å². The van der Waals surface area contributed by atoms with Gasteiger partial charge in [-0.15, -0.1) is 0 Å². The van der Waals surface area contributed by atoms with E-state index in [-0.39, 0.29) is 5.91 Å². The molecule has 0 bridgehead atoms. The van der Waals surface area contributed by atoms with Gasteiger partial charge < -0.3 is 14.9 Å². The van der Waals surface area contributed by atoms with Crippen LogP contribution in [0.4, 0.5) is 5.69 Å². The maximum Gasteiger partial charge on any atom is 0.326 e. The summed E-state index contributed by atoms with van der Waals surface area (Å²) in [5.41, 5.74) is 1.40. The van der Waals surface area contributed by atoms with E-state index in [0.717, 1.165) is 5.69 Å². The lowest BCUT2D eigenvalue weighted by Crippen LogP contribution is -2.42. The average Bonchev–Trinajstić information content (AvgIpc) is 2.38. The quantitative estimate of drug-likeness (QED) is 0.879. The SMILES string of the molecule is CCC(C(=O)O)N(C)C(=O)c1cccc(N(C)C)c1. The van der Waals surface area contributed by atoms with Crippen LogP contribution in [0.3, 0.4) is 0 Å². The number of anilines is 1. The van der Waals surface area contributed by atoms with Gasteiger partial charge in [0.05, 0.1) is 0 Å². The van der Waals surface area contributed by atoms with Crippen LogP contribution in [0.2, 0.25) is 0 Å². The summed E-state index contributed by atoms with van der Waals surface area (Å²) in [6.07, 6.45) is 0.380. The Morgan fingerprint density at radius 2 is 1.89 bits per heavy atom. The maximum atomic E-state index is 12.3. The summed E-state index contributed by atoms with van der Waals surface area (Å²) >= 11 is 0. The van der Waals surface area contributed by atoms with Gasteiger partial charge in [-0.25, -0.2) is 4.79 Å². The Bertz CT molecular complexity index is 472. The molecule has 5 heteroatoms. The lowest BCUT2D eigenvalue weighted by Gasteiger charge is -2.24. The fraction of sp³-hybridized carbons (Fsp3) is 0.429. The second-order valence-electron chi connectivity index (χ2n) is 4.62. The van der Waals surface area contributed by atoms with E-state index in [1.165, 1.54) is 11.9 Å². The Morgan fingerprint density at radius 1 is 1.26 bits per heavy atom. The van der Waals surface area contributed by atoms with Gasteiger partial charge in [-0.2, -0.15) is 0 Å². The number of hydrogen-bond donors (Lipinski definition) is 1. The molecule has 1 rings (SSSR count). The van der Waals surface area contributed by atoms with Crippen LogP contribution in [-0.2, 0) is 4.79 Å². The normalized spacial score (nSPS) is 11.8. The fourth-order valence-corrected chi connectivity index (χ4v) is 1.88. The molecular formula is C14H20N2O3. The Kier molecular flexibility index (Phi) is 4.92. The summed E-state index contributed by atoms with van der Waals surface area (Å²) in [6.45, 7) is 1.75. The Labute approximate surface area is 113 Å². The van der Waals surface area contributed by atoms with Crippen LogP contribution in [0.15, 0.2) is 24.3 Å². The fourth-order valence-electron chi connectivity index (χ4n) is 1.88. The number of carbonyl (C=O) groups excluding carboxylic acids is 1. The predicted molar refractivity (Wildman–Crippen MR) is 74.6 cm³/mol. The monoisotopic (exact) mass is 264 g/mol. The molecule has 0 saturated carbocycles. The molecule has 1 atom stereocenters. The van der Waals surface area contributed by atoms with Crippen LogP contribution < -0.4 is 4.90 Å².